The highest BCUT2D eigenvalue weighted by molar-refractivity contribution is 8.26. The van der Waals surface area contributed by atoms with Gasteiger partial charge in [0, 0.05) is 11.8 Å². The summed E-state index contributed by atoms with van der Waals surface area (Å²) in [6, 6.07) is 17.8. The molecule has 0 saturated carbocycles. The van der Waals surface area contributed by atoms with Crippen molar-refractivity contribution in [2.24, 2.45) is 0 Å². The number of ether oxygens (including phenoxy) is 5. The smallest absolute Gasteiger partial charge is 0.266 e. The summed E-state index contributed by atoms with van der Waals surface area (Å²) in [5, 5.41) is 2.76. The Labute approximate surface area is 234 Å². The summed E-state index contributed by atoms with van der Waals surface area (Å²) < 4.78 is 27.6. The van der Waals surface area contributed by atoms with Crippen LogP contribution in [0.3, 0.4) is 0 Å². The summed E-state index contributed by atoms with van der Waals surface area (Å²) >= 11 is 6.72. The molecule has 200 valence electrons. The lowest BCUT2D eigenvalue weighted by molar-refractivity contribution is -0.122. The number of nitrogens with zero attached hydrogens (tertiary/aromatic N) is 1. The Morgan fingerprint density at radius 2 is 1.90 bits per heavy atom. The molecule has 3 aromatic rings. The normalized spacial score (nSPS) is 15.0. The van der Waals surface area contributed by atoms with Gasteiger partial charge in [-0.05, 0) is 53.6 Å². The first-order chi connectivity index (χ1) is 18.9. The van der Waals surface area contributed by atoms with Crippen LogP contribution in [0.25, 0.3) is 6.08 Å². The van der Waals surface area contributed by atoms with Gasteiger partial charge in [-0.1, -0.05) is 42.2 Å². The molecule has 0 spiro atoms. The maximum absolute atomic E-state index is 13.1. The van der Waals surface area contributed by atoms with Gasteiger partial charge in [0.25, 0.3) is 11.8 Å². The molecule has 2 amide bonds. The molecule has 0 aliphatic carbocycles. The Hall–Kier alpha value is -4.22. The molecule has 9 nitrogen and oxygen atoms in total. The third-order valence-electron chi connectivity index (χ3n) is 5.85. The largest absolute Gasteiger partial charge is 0.497 e. The van der Waals surface area contributed by atoms with E-state index in [0.717, 1.165) is 11.1 Å². The maximum atomic E-state index is 13.1. The quantitative estimate of drug-likeness (QED) is 0.289. The highest BCUT2D eigenvalue weighted by atomic mass is 32.2. The number of thiocarbonyl (C=S) groups is 1. The van der Waals surface area contributed by atoms with Crippen LogP contribution in [0.1, 0.15) is 11.1 Å². The first kappa shape index (κ1) is 26.4. The molecule has 2 aliphatic heterocycles. The van der Waals surface area contributed by atoms with E-state index >= 15 is 0 Å². The Morgan fingerprint density at radius 1 is 1.05 bits per heavy atom. The first-order valence-electron chi connectivity index (χ1n) is 11.8. The van der Waals surface area contributed by atoms with E-state index in [2.05, 4.69) is 5.32 Å². The number of nitrogens with one attached hydrogen (secondary N) is 1. The number of rotatable bonds is 9. The molecular formula is C28H24N2O7S2. The van der Waals surface area contributed by atoms with Gasteiger partial charge in [0.1, 0.15) is 10.1 Å². The number of carbonyl (C=O) groups is 2. The van der Waals surface area contributed by atoms with Crippen molar-refractivity contribution in [3.8, 4) is 28.7 Å². The van der Waals surface area contributed by atoms with Crippen molar-refractivity contribution in [3.05, 3.63) is 76.7 Å². The zero-order chi connectivity index (χ0) is 27.4. The molecule has 0 aromatic heterocycles. The number of methoxy groups -OCH3 is 2. The fourth-order valence-corrected chi connectivity index (χ4v) is 5.20. The van der Waals surface area contributed by atoms with Gasteiger partial charge in [0.15, 0.2) is 29.6 Å². The lowest BCUT2D eigenvalue weighted by Gasteiger charge is -2.14. The van der Waals surface area contributed by atoms with Crippen LogP contribution in [0.4, 0.5) is 5.69 Å². The van der Waals surface area contributed by atoms with Crippen molar-refractivity contribution >= 4 is 51.9 Å². The molecule has 2 heterocycles. The van der Waals surface area contributed by atoms with Crippen molar-refractivity contribution < 1.29 is 33.3 Å². The molecule has 1 saturated heterocycles. The van der Waals surface area contributed by atoms with Crippen LogP contribution < -0.4 is 29.0 Å². The molecule has 39 heavy (non-hydrogen) atoms. The van der Waals surface area contributed by atoms with Gasteiger partial charge in [-0.3, -0.25) is 14.5 Å². The minimum atomic E-state index is -0.333. The van der Waals surface area contributed by atoms with E-state index < -0.39 is 0 Å². The highest BCUT2D eigenvalue weighted by Crippen LogP contribution is 2.37. The average molecular weight is 565 g/mol. The second kappa shape index (κ2) is 11.7. The van der Waals surface area contributed by atoms with Crippen LogP contribution in [-0.4, -0.2) is 48.7 Å². The molecule has 1 N–H and O–H groups in total. The Kier molecular flexibility index (Phi) is 7.89. The first-order valence-corrected chi connectivity index (χ1v) is 13.0. The molecule has 0 unspecified atom stereocenters. The Balaban J connectivity index is 1.23. The third-order valence-corrected chi connectivity index (χ3v) is 7.23. The SMILES string of the molecule is COc1cccc(NC(=O)COc2ccc(/C=C3\SC(=S)N(Cc4ccc5c(c4)OCO5)C3=O)cc2OC)c1. The second-order valence-corrected chi connectivity index (χ2v) is 10.1. The summed E-state index contributed by atoms with van der Waals surface area (Å²) in [5.74, 6) is 2.27. The van der Waals surface area contributed by atoms with Gasteiger partial charge in [-0.2, -0.15) is 0 Å². The van der Waals surface area contributed by atoms with Crippen LogP contribution in [0, 0.1) is 0 Å². The lowest BCUT2D eigenvalue weighted by Crippen LogP contribution is -2.27. The number of carbonyl (C=O) groups excluding carboxylic acids is 2. The van der Waals surface area contributed by atoms with Crippen LogP contribution in [0.2, 0.25) is 0 Å². The molecule has 3 aromatic carbocycles. The summed E-state index contributed by atoms with van der Waals surface area (Å²) in [7, 11) is 3.07. The number of fused-ring (bicyclic) bond motifs is 1. The summed E-state index contributed by atoms with van der Waals surface area (Å²) in [4.78, 5) is 27.6. The zero-order valence-corrected chi connectivity index (χ0v) is 22.7. The molecule has 1 fully saturated rings. The predicted molar refractivity (Wildman–Crippen MR) is 151 cm³/mol. The number of benzene rings is 3. The van der Waals surface area contributed by atoms with Crippen molar-refractivity contribution in [3.63, 3.8) is 0 Å². The van der Waals surface area contributed by atoms with Gasteiger partial charge >= 0.3 is 0 Å². The van der Waals surface area contributed by atoms with Crippen molar-refractivity contribution in [2.45, 2.75) is 6.54 Å². The number of amides is 2. The molecule has 5 rings (SSSR count). The van der Waals surface area contributed by atoms with Crippen LogP contribution in [-0.2, 0) is 16.1 Å². The van der Waals surface area contributed by atoms with E-state index in [1.165, 1.54) is 18.9 Å². The Morgan fingerprint density at radius 3 is 2.72 bits per heavy atom. The average Bonchev–Trinajstić information content (AvgIpc) is 3.52. The van der Waals surface area contributed by atoms with Gasteiger partial charge in [-0.25, -0.2) is 0 Å². The van der Waals surface area contributed by atoms with Gasteiger partial charge < -0.3 is 29.0 Å². The minimum absolute atomic E-state index is 0.184. The predicted octanol–water partition coefficient (Wildman–Crippen LogP) is 4.85. The van der Waals surface area contributed by atoms with Crippen molar-refractivity contribution in [2.75, 3.05) is 32.9 Å². The van der Waals surface area contributed by atoms with Crippen LogP contribution in [0.5, 0.6) is 28.7 Å². The third kappa shape index (κ3) is 6.10. The van der Waals surface area contributed by atoms with Gasteiger partial charge in [0.2, 0.25) is 6.79 Å². The molecule has 2 aliphatic rings. The van der Waals surface area contributed by atoms with Gasteiger partial charge in [0.05, 0.1) is 25.7 Å². The number of hydrogen-bond acceptors (Lipinski definition) is 9. The van der Waals surface area contributed by atoms with E-state index in [4.69, 9.17) is 35.9 Å². The molecule has 0 radical (unpaired) electrons. The van der Waals surface area contributed by atoms with E-state index in [1.54, 1.807) is 60.6 Å². The number of thioether (sulfide) groups is 1. The van der Waals surface area contributed by atoms with E-state index in [9.17, 15) is 9.59 Å². The van der Waals surface area contributed by atoms with E-state index in [1.807, 2.05) is 18.2 Å². The summed E-state index contributed by atoms with van der Waals surface area (Å²) in [6.45, 7) is 0.296. The molecular weight excluding hydrogens is 540 g/mol. The number of hydrogen-bond donors (Lipinski definition) is 1. The van der Waals surface area contributed by atoms with Crippen molar-refractivity contribution in [1.29, 1.82) is 0 Å². The Bertz CT molecular complexity index is 1470. The van der Waals surface area contributed by atoms with E-state index in [0.29, 0.717) is 50.2 Å². The lowest BCUT2D eigenvalue weighted by atomic mass is 10.1. The zero-order valence-electron chi connectivity index (χ0n) is 21.1. The van der Waals surface area contributed by atoms with Crippen LogP contribution in [0.15, 0.2) is 65.6 Å². The second-order valence-electron chi connectivity index (χ2n) is 8.43. The summed E-state index contributed by atoms with van der Waals surface area (Å²) in [5.41, 5.74) is 2.21. The highest BCUT2D eigenvalue weighted by Gasteiger charge is 2.32. The fraction of sp³-hybridized carbons (Fsp3) is 0.179. The summed E-state index contributed by atoms with van der Waals surface area (Å²) in [6.07, 6.45) is 1.75. The van der Waals surface area contributed by atoms with Crippen LogP contribution >= 0.6 is 24.0 Å². The maximum Gasteiger partial charge on any atom is 0.266 e. The standard InChI is InChI=1S/C28H24N2O7S2/c1-33-20-5-3-4-19(13-20)29-26(31)15-35-21-8-6-17(10-23(21)34-2)12-25-27(32)30(28(38)39-25)14-18-7-9-22-24(11-18)37-16-36-22/h3-13H,14-16H2,1-2H3,(H,29,31)/b25-12-. The number of anilines is 1. The fourth-order valence-electron chi connectivity index (χ4n) is 3.94. The monoisotopic (exact) mass is 564 g/mol. The minimum Gasteiger partial charge on any atom is -0.497 e. The molecule has 11 heteroatoms. The van der Waals surface area contributed by atoms with Crippen molar-refractivity contribution in [1.82, 2.24) is 4.90 Å². The topological polar surface area (TPSA) is 95.6 Å². The molecule has 0 atom stereocenters. The molecule has 0 bridgehead atoms. The van der Waals surface area contributed by atoms with E-state index in [-0.39, 0.29) is 25.2 Å². The van der Waals surface area contributed by atoms with Gasteiger partial charge in [-0.15, -0.1) is 0 Å².